The number of anilines is 1. The van der Waals surface area contributed by atoms with E-state index in [2.05, 4.69) is 5.32 Å². The highest BCUT2D eigenvalue weighted by molar-refractivity contribution is 7.93. The lowest BCUT2D eigenvalue weighted by molar-refractivity contribution is -0.120. The zero-order valence-electron chi connectivity index (χ0n) is 15.1. The fraction of sp³-hybridized carbons (Fsp3) is 0.350. The van der Waals surface area contributed by atoms with E-state index in [1.54, 1.807) is 24.3 Å². The minimum Gasteiger partial charge on any atom is -0.376 e. The van der Waals surface area contributed by atoms with Crippen LogP contribution in [0.1, 0.15) is 18.4 Å². The summed E-state index contributed by atoms with van der Waals surface area (Å²) in [6, 6.07) is 12.5. The van der Waals surface area contributed by atoms with Gasteiger partial charge in [0, 0.05) is 24.3 Å². The molecule has 2 aromatic carbocycles. The summed E-state index contributed by atoms with van der Waals surface area (Å²) in [5.74, 6) is -0.333. The molecule has 2 heterocycles. The Morgan fingerprint density at radius 2 is 2.04 bits per heavy atom. The van der Waals surface area contributed by atoms with E-state index in [0.717, 1.165) is 24.0 Å². The number of carbonyl (C=O) groups excluding carboxylic acids is 1. The summed E-state index contributed by atoms with van der Waals surface area (Å²) in [5.41, 5.74) is 3.07. The standard InChI is InChI=1S/C20H22N2O4S/c1-14-8-9-18-17(11-14)16-6-2-3-7-19(16)27(24,25)22(18)13-20(23)21-12-15-5-4-10-26-15/h2-3,6-9,11,15H,4-5,10,12-13H2,1H3,(H,21,23). The molecular formula is C20H22N2O4S. The van der Waals surface area contributed by atoms with Crippen LogP contribution in [0.4, 0.5) is 5.69 Å². The number of amides is 1. The summed E-state index contributed by atoms with van der Waals surface area (Å²) in [6.45, 7) is 2.83. The molecule has 4 rings (SSSR count). The molecule has 0 aliphatic carbocycles. The highest BCUT2D eigenvalue weighted by Gasteiger charge is 2.35. The van der Waals surface area contributed by atoms with Gasteiger partial charge in [0.25, 0.3) is 10.0 Å². The van der Waals surface area contributed by atoms with Crippen molar-refractivity contribution in [1.82, 2.24) is 5.32 Å². The molecule has 142 valence electrons. The second-order valence-electron chi connectivity index (χ2n) is 6.97. The molecule has 1 N–H and O–H groups in total. The Kier molecular flexibility index (Phi) is 4.65. The topological polar surface area (TPSA) is 75.7 Å². The summed E-state index contributed by atoms with van der Waals surface area (Å²) in [5, 5.41) is 2.81. The Hall–Kier alpha value is -2.38. The lowest BCUT2D eigenvalue weighted by atomic mass is 10.0. The maximum Gasteiger partial charge on any atom is 0.265 e. The van der Waals surface area contributed by atoms with E-state index >= 15 is 0 Å². The van der Waals surface area contributed by atoms with Crippen LogP contribution < -0.4 is 9.62 Å². The third-order valence-electron chi connectivity index (χ3n) is 5.00. The van der Waals surface area contributed by atoms with Gasteiger partial charge in [0.2, 0.25) is 5.91 Å². The highest BCUT2D eigenvalue weighted by atomic mass is 32.2. The normalized spacial score (nSPS) is 20.0. The molecule has 1 unspecified atom stereocenters. The molecule has 1 atom stereocenters. The van der Waals surface area contributed by atoms with Crippen LogP contribution in [-0.2, 0) is 19.6 Å². The van der Waals surface area contributed by atoms with E-state index in [4.69, 9.17) is 4.74 Å². The summed E-state index contributed by atoms with van der Waals surface area (Å²) < 4.78 is 33.0. The summed E-state index contributed by atoms with van der Waals surface area (Å²) in [7, 11) is -3.80. The van der Waals surface area contributed by atoms with Crippen LogP contribution in [0.2, 0.25) is 0 Å². The summed E-state index contributed by atoms with van der Waals surface area (Å²) >= 11 is 0. The van der Waals surface area contributed by atoms with Crippen molar-refractivity contribution in [2.45, 2.75) is 30.8 Å². The van der Waals surface area contributed by atoms with Crippen LogP contribution >= 0.6 is 0 Å². The van der Waals surface area contributed by atoms with Gasteiger partial charge in [-0.25, -0.2) is 8.42 Å². The Balaban J connectivity index is 1.65. The van der Waals surface area contributed by atoms with Crippen molar-refractivity contribution >= 4 is 21.6 Å². The first-order chi connectivity index (χ1) is 13.0. The maximum atomic E-state index is 13.2. The van der Waals surface area contributed by atoms with Gasteiger partial charge >= 0.3 is 0 Å². The Morgan fingerprint density at radius 1 is 1.22 bits per heavy atom. The Labute approximate surface area is 159 Å². The van der Waals surface area contributed by atoms with Gasteiger partial charge in [0.05, 0.1) is 16.7 Å². The summed E-state index contributed by atoms with van der Waals surface area (Å²) in [6.07, 6.45) is 1.92. The van der Waals surface area contributed by atoms with E-state index < -0.39 is 10.0 Å². The van der Waals surface area contributed by atoms with E-state index in [-0.39, 0.29) is 23.5 Å². The van der Waals surface area contributed by atoms with Crippen LogP contribution in [0.25, 0.3) is 11.1 Å². The SMILES string of the molecule is Cc1ccc2c(c1)-c1ccccc1S(=O)(=O)N2CC(=O)NCC1CCCO1. The molecular weight excluding hydrogens is 364 g/mol. The average Bonchev–Trinajstić information content (AvgIpc) is 3.17. The molecule has 0 aromatic heterocycles. The number of hydrogen-bond acceptors (Lipinski definition) is 4. The molecule has 6 nitrogen and oxygen atoms in total. The van der Waals surface area contributed by atoms with Gasteiger partial charge in [0.1, 0.15) is 6.54 Å². The third-order valence-corrected chi connectivity index (χ3v) is 6.82. The minimum atomic E-state index is -3.80. The zero-order valence-corrected chi connectivity index (χ0v) is 16.0. The monoisotopic (exact) mass is 386 g/mol. The molecule has 0 bridgehead atoms. The largest absolute Gasteiger partial charge is 0.376 e. The maximum absolute atomic E-state index is 13.2. The molecule has 2 aromatic rings. The number of ether oxygens (including phenoxy) is 1. The Morgan fingerprint density at radius 3 is 2.81 bits per heavy atom. The second kappa shape index (κ2) is 6.98. The van der Waals surface area contributed by atoms with Gasteiger partial charge in [-0.15, -0.1) is 0 Å². The molecule has 2 aliphatic rings. The lowest BCUT2D eigenvalue weighted by Crippen LogP contribution is -2.44. The van der Waals surface area contributed by atoms with Crippen LogP contribution in [-0.4, -0.2) is 40.1 Å². The second-order valence-corrected chi connectivity index (χ2v) is 8.80. The van der Waals surface area contributed by atoms with Crippen molar-refractivity contribution in [2.75, 3.05) is 24.0 Å². The van der Waals surface area contributed by atoms with E-state index in [1.807, 2.05) is 25.1 Å². The predicted molar refractivity (Wildman–Crippen MR) is 103 cm³/mol. The fourth-order valence-electron chi connectivity index (χ4n) is 3.63. The quantitative estimate of drug-likeness (QED) is 0.876. The van der Waals surface area contributed by atoms with Crippen LogP contribution in [0.5, 0.6) is 0 Å². The Bertz CT molecular complexity index is 981. The van der Waals surface area contributed by atoms with Crippen LogP contribution in [0, 0.1) is 6.92 Å². The number of fused-ring (bicyclic) bond motifs is 3. The molecule has 0 spiro atoms. The zero-order chi connectivity index (χ0) is 19.0. The predicted octanol–water partition coefficient (Wildman–Crippen LogP) is 2.47. The number of nitrogens with zero attached hydrogens (tertiary/aromatic N) is 1. The molecule has 2 aliphatic heterocycles. The van der Waals surface area contributed by atoms with Gasteiger partial charge in [-0.3, -0.25) is 9.10 Å². The molecule has 0 saturated carbocycles. The van der Waals surface area contributed by atoms with Gasteiger partial charge in [-0.05, 0) is 38.0 Å². The first kappa shape index (κ1) is 18.0. The first-order valence-corrected chi connectivity index (χ1v) is 10.5. The number of benzene rings is 2. The van der Waals surface area contributed by atoms with Gasteiger partial charge < -0.3 is 10.1 Å². The number of carbonyl (C=O) groups is 1. The number of nitrogens with one attached hydrogen (secondary N) is 1. The number of sulfonamides is 1. The third kappa shape index (κ3) is 3.33. The highest BCUT2D eigenvalue weighted by Crippen LogP contribution is 2.43. The van der Waals surface area contributed by atoms with Crippen molar-refractivity contribution in [2.24, 2.45) is 0 Å². The average molecular weight is 386 g/mol. The van der Waals surface area contributed by atoms with Gasteiger partial charge in [-0.2, -0.15) is 0 Å². The number of aryl methyl sites for hydroxylation is 1. The van der Waals surface area contributed by atoms with Gasteiger partial charge in [0.15, 0.2) is 0 Å². The molecule has 27 heavy (non-hydrogen) atoms. The minimum absolute atomic E-state index is 0.0163. The van der Waals surface area contributed by atoms with E-state index in [0.29, 0.717) is 24.4 Å². The van der Waals surface area contributed by atoms with Crippen LogP contribution in [0.3, 0.4) is 0 Å². The molecule has 1 amide bonds. The first-order valence-electron chi connectivity index (χ1n) is 9.08. The molecule has 0 radical (unpaired) electrons. The lowest BCUT2D eigenvalue weighted by Gasteiger charge is -2.32. The molecule has 1 fully saturated rings. The molecule has 7 heteroatoms. The fourth-order valence-corrected chi connectivity index (χ4v) is 5.28. The van der Waals surface area contributed by atoms with Crippen molar-refractivity contribution in [3.63, 3.8) is 0 Å². The van der Waals surface area contributed by atoms with Crippen molar-refractivity contribution < 1.29 is 17.9 Å². The van der Waals surface area contributed by atoms with Crippen molar-refractivity contribution in [1.29, 1.82) is 0 Å². The molecule has 1 saturated heterocycles. The van der Waals surface area contributed by atoms with E-state index in [9.17, 15) is 13.2 Å². The smallest absolute Gasteiger partial charge is 0.265 e. The van der Waals surface area contributed by atoms with E-state index in [1.165, 1.54) is 4.31 Å². The van der Waals surface area contributed by atoms with Crippen molar-refractivity contribution in [3.05, 3.63) is 48.0 Å². The number of rotatable bonds is 4. The number of hydrogen-bond donors (Lipinski definition) is 1. The van der Waals surface area contributed by atoms with Crippen LogP contribution in [0.15, 0.2) is 47.4 Å². The van der Waals surface area contributed by atoms with Crippen molar-refractivity contribution in [3.8, 4) is 11.1 Å². The summed E-state index contributed by atoms with van der Waals surface area (Å²) in [4.78, 5) is 12.7. The van der Waals surface area contributed by atoms with Gasteiger partial charge in [-0.1, -0.05) is 29.8 Å².